The summed E-state index contributed by atoms with van der Waals surface area (Å²) in [4.78, 5) is 0. The van der Waals surface area contributed by atoms with Crippen LogP contribution in [0.15, 0.2) is 41.0 Å². The number of rotatable bonds is 6. The molecular weight excluding hydrogens is 246 g/mol. The highest BCUT2D eigenvalue weighted by atomic mass is 16.3. The van der Waals surface area contributed by atoms with Crippen molar-refractivity contribution in [3.63, 3.8) is 0 Å². The van der Waals surface area contributed by atoms with Crippen LogP contribution in [0.1, 0.15) is 49.3 Å². The Morgan fingerprint density at radius 1 is 1.20 bits per heavy atom. The Morgan fingerprint density at radius 2 is 2.00 bits per heavy atom. The van der Waals surface area contributed by atoms with Crippen LogP contribution < -0.4 is 5.32 Å². The van der Waals surface area contributed by atoms with E-state index in [0.29, 0.717) is 5.92 Å². The Balaban J connectivity index is 2.32. The normalized spacial score (nSPS) is 12.8. The Bertz CT molecular complexity index is 542. The van der Waals surface area contributed by atoms with E-state index in [1.54, 1.807) is 6.26 Å². The van der Waals surface area contributed by atoms with Gasteiger partial charge in [-0.3, -0.25) is 0 Å². The second-order valence-corrected chi connectivity index (χ2v) is 5.80. The third kappa shape index (κ3) is 3.51. The third-order valence-electron chi connectivity index (χ3n) is 3.50. The van der Waals surface area contributed by atoms with Crippen LogP contribution in [-0.4, -0.2) is 6.54 Å². The van der Waals surface area contributed by atoms with Crippen LogP contribution in [0.5, 0.6) is 0 Å². The van der Waals surface area contributed by atoms with Gasteiger partial charge < -0.3 is 9.73 Å². The smallest absolute Gasteiger partial charge is 0.128 e. The first-order valence-corrected chi connectivity index (χ1v) is 7.48. The SMILES string of the molecule is CCNC(c1cccc(CC(C)C)c1)c1occc1C. The second kappa shape index (κ2) is 6.76. The standard InChI is InChI=1S/C18H25NO/c1-5-19-17(18-14(4)9-10-20-18)16-8-6-7-15(12-16)11-13(2)3/h6-10,12-13,17,19H,5,11H2,1-4H3. The monoisotopic (exact) mass is 271 g/mol. The minimum atomic E-state index is 0.141. The summed E-state index contributed by atoms with van der Waals surface area (Å²) in [5.41, 5.74) is 3.87. The Hall–Kier alpha value is -1.54. The zero-order valence-electron chi connectivity index (χ0n) is 12.9. The second-order valence-electron chi connectivity index (χ2n) is 5.80. The summed E-state index contributed by atoms with van der Waals surface area (Å²) in [6, 6.07) is 11.0. The quantitative estimate of drug-likeness (QED) is 0.837. The zero-order valence-corrected chi connectivity index (χ0v) is 12.9. The molecule has 20 heavy (non-hydrogen) atoms. The van der Waals surface area contributed by atoms with Gasteiger partial charge in [0.15, 0.2) is 0 Å². The van der Waals surface area contributed by atoms with Crippen LogP contribution in [0, 0.1) is 12.8 Å². The average Bonchev–Trinajstić information content (AvgIpc) is 2.81. The summed E-state index contributed by atoms with van der Waals surface area (Å²) < 4.78 is 5.69. The molecule has 0 aliphatic carbocycles. The van der Waals surface area contributed by atoms with Crippen molar-refractivity contribution < 1.29 is 4.42 Å². The summed E-state index contributed by atoms with van der Waals surface area (Å²) in [5.74, 6) is 1.70. The van der Waals surface area contributed by atoms with Gasteiger partial charge in [-0.15, -0.1) is 0 Å². The topological polar surface area (TPSA) is 25.2 Å². The first-order valence-electron chi connectivity index (χ1n) is 7.48. The summed E-state index contributed by atoms with van der Waals surface area (Å²) in [7, 11) is 0. The molecule has 2 rings (SSSR count). The van der Waals surface area contributed by atoms with E-state index in [0.717, 1.165) is 18.7 Å². The van der Waals surface area contributed by atoms with E-state index >= 15 is 0 Å². The van der Waals surface area contributed by atoms with Gasteiger partial charge in [0.05, 0.1) is 12.3 Å². The summed E-state index contributed by atoms with van der Waals surface area (Å²) >= 11 is 0. The maximum atomic E-state index is 5.69. The molecular formula is C18H25NO. The fourth-order valence-corrected chi connectivity index (χ4v) is 2.62. The molecule has 0 aliphatic rings. The van der Waals surface area contributed by atoms with E-state index in [4.69, 9.17) is 4.42 Å². The number of hydrogen-bond acceptors (Lipinski definition) is 2. The maximum Gasteiger partial charge on any atom is 0.128 e. The fraction of sp³-hybridized carbons (Fsp3) is 0.444. The van der Waals surface area contributed by atoms with Gasteiger partial charge in [-0.25, -0.2) is 0 Å². The molecule has 0 saturated heterocycles. The molecule has 1 aromatic heterocycles. The van der Waals surface area contributed by atoms with Crippen molar-refractivity contribution in [2.24, 2.45) is 5.92 Å². The van der Waals surface area contributed by atoms with Gasteiger partial charge >= 0.3 is 0 Å². The molecule has 0 saturated carbocycles. The molecule has 1 N–H and O–H groups in total. The lowest BCUT2D eigenvalue weighted by molar-refractivity contribution is 0.449. The highest BCUT2D eigenvalue weighted by Gasteiger charge is 2.18. The van der Waals surface area contributed by atoms with Gasteiger partial charge in [-0.05, 0) is 48.6 Å². The van der Waals surface area contributed by atoms with Crippen molar-refractivity contribution in [2.75, 3.05) is 6.54 Å². The third-order valence-corrected chi connectivity index (χ3v) is 3.50. The highest BCUT2D eigenvalue weighted by Crippen LogP contribution is 2.26. The minimum absolute atomic E-state index is 0.141. The van der Waals surface area contributed by atoms with Gasteiger partial charge in [-0.2, -0.15) is 0 Å². The van der Waals surface area contributed by atoms with Crippen LogP contribution >= 0.6 is 0 Å². The molecule has 2 heteroatoms. The van der Waals surface area contributed by atoms with Crippen molar-refractivity contribution in [1.82, 2.24) is 5.32 Å². The van der Waals surface area contributed by atoms with Gasteiger partial charge in [0, 0.05) is 0 Å². The molecule has 1 heterocycles. The lowest BCUT2D eigenvalue weighted by Gasteiger charge is -2.18. The summed E-state index contributed by atoms with van der Waals surface area (Å²) in [5, 5.41) is 3.53. The first kappa shape index (κ1) is 14.9. The lowest BCUT2D eigenvalue weighted by atomic mass is 9.96. The fourth-order valence-electron chi connectivity index (χ4n) is 2.62. The molecule has 0 amide bonds. The minimum Gasteiger partial charge on any atom is -0.467 e. The number of benzene rings is 1. The van der Waals surface area contributed by atoms with Gasteiger partial charge in [0.2, 0.25) is 0 Å². The van der Waals surface area contributed by atoms with Gasteiger partial charge in [0.1, 0.15) is 5.76 Å². The van der Waals surface area contributed by atoms with E-state index in [-0.39, 0.29) is 6.04 Å². The van der Waals surface area contributed by atoms with Crippen LogP contribution in [0.2, 0.25) is 0 Å². The largest absolute Gasteiger partial charge is 0.467 e. The maximum absolute atomic E-state index is 5.69. The van der Waals surface area contributed by atoms with E-state index in [2.05, 4.69) is 57.3 Å². The number of nitrogens with one attached hydrogen (secondary N) is 1. The van der Waals surface area contributed by atoms with E-state index in [1.165, 1.54) is 16.7 Å². The van der Waals surface area contributed by atoms with Crippen LogP contribution in [-0.2, 0) is 6.42 Å². The Labute approximate surface area is 122 Å². The predicted octanol–water partition coefficient (Wildman–Crippen LogP) is 4.49. The Kier molecular flexibility index (Phi) is 5.02. The molecule has 0 radical (unpaired) electrons. The van der Waals surface area contributed by atoms with Gasteiger partial charge in [0.25, 0.3) is 0 Å². The molecule has 0 aliphatic heterocycles. The van der Waals surface area contributed by atoms with Crippen molar-refractivity contribution in [2.45, 2.75) is 40.2 Å². The molecule has 1 atom stereocenters. The van der Waals surface area contributed by atoms with E-state index in [9.17, 15) is 0 Å². The first-order chi connectivity index (χ1) is 9.61. The lowest BCUT2D eigenvalue weighted by Crippen LogP contribution is -2.22. The zero-order chi connectivity index (χ0) is 14.5. The van der Waals surface area contributed by atoms with E-state index < -0.39 is 0 Å². The highest BCUT2D eigenvalue weighted by molar-refractivity contribution is 5.33. The predicted molar refractivity (Wildman–Crippen MR) is 83.9 cm³/mol. The molecule has 1 aromatic carbocycles. The molecule has 0 spiro atoms. The average molecular weight is 271 g/mol. The van der Waals surface area contributed by atoms with Crippen LogP contribution in [0.25, 0.3) is 0 Å². The van der Waals surface area contributed by atoms with Gasteiger partial charge in [-0.1, -0.05) is 45.0 Å². The molecule has 0 fully saturated rings. The van der Waals surface area contributed by atoms with Crippen LogP contribution in [0.3, 0.4) is 0 Å². The molecule has 2 nitrogen and oxygen atoms in total. The van der Waals surface area contributed by atoms with Crippen molar-refractivity contribution in [1.29, 1.82) is 0 Å². The van der Waals surface area contributed by atoms with E-state index in [1.807, 2.05) is 6.07 Å². The molecule has 0 bridgehead atoms. The molecule has 1 unspecified atom stereocenters. The van der Waals surface area contributed by atoms with Crippen LogP contribution in [0.4, 0.5) is 0 Å². The molecule has 2 aromatic rings. The molecule has 108 valence electrons. The number of hydrogen-bond donors (Lipinski definition) is 1. The number of furan rings is 1. The summed E-state index contributed by atoms with van der Waals surface area (Å²) in [6.07, 6.45) is 2.89. The van der Waals surface area contributed by atoms with Crippen molar-refractivity contribution in [3.8, 4) is 0 Å². The summed E-state index contributed by atoms with van der Waals surface area (Å²) in [6.45, 7) is 9.65. The van der Waals surface area contributed by atoms with Crippen molar-refractivity contribution >= 4 is 0 Å². The number of aryl methyl sites for hydroxylation is 1. The van der Waals surface area contributed by atoms with Crippen molar-refractivity contribution in [3.05, 3.63) is 59.0 Å². The Morgan fingerprint density at radius 3 is 2.60 bits per heavy atom.